The third-order valence-electron chi connectivity index (χ3n) is 4.31. The van der Waals surface area contributed by atoms with E-state index in [0.717, 1.165) is 30.3 Å². The first-order chi connectivity index (χ1) is 9.63. The number of hydrogen-bond acceptors (Lipinski definition) is 5. The van der Waals surface area contributed by atoms with Gasteiger partial charge in [0.1, 0.15) is 0 Å². The van der Waals surface area contributed by atoms with Gasteiger partial charge in [-0.2, -0.15) is 0 Å². The molecule has 2 atom stereocenters. The summed E-state index contributed by atoms with van der Waals surface area (Å²) in [5.41, 5.74) is 1.07. The second kappa shape index (κ2) is 5.66. The lowest BCUT2D eigenvalue weighted by Crippen LogP contribution is -2.34. The van der Waals surface area contributed by atoms with Crippen LogP contribution >= 0.6 is 0 Å². The Morgan fingerprint density at radius 1 is 1.40 bits per heavy atom. The number of anilines is 1. The lowest BCUT2D eigenvalue weighted by molar-refractivity contribution is 0.255. The fourth-order valence-electron chi connectivity index (χ4n) is 3.07. The Morgan fingerprint density at radius 2 is 2.20 bits per heavy atom. The van der Waals surface area contributed by atoms with Crippen molar-refractivity contribution in [1.82, 2.24) is 20.2 Å². The minimum atomic E-state index is 0.600. The van der Waals surface area contributed by atoms with Crippen LogP contribution in [0.25, 0.3) is 0 Å². The molecule has 0 aromatic carbocycles. The fraction of sp³-hybridized carbons (Fsp3) is 0.733. The maximum absolute atomic E-state index is 4.56. The van der Waals surface area contributed by atoms with Crippen molar-refractivity contribution in [3.63, 3.8) is 0 Å². The van der Waals surface area contributed by atoms with Gasteiger partial charge in [0.05, 0.1) is 5.69 Å². The van der Waals surface area contributed by atoms with Gasteiger partial charge in [-0.05, 0) is 32.3 Å². The molecule has 2 aliphatic rings. The molecule has 2 fully saturated rings. The van der Waals surface area contributed by atoms with Gasteiger partial charge in [-0.25, -0.2) is 9.97 Å². The third-order valence-corrected chi connectivity index (χ3v) is 4.31. The molecule has 0 bridgehead atoms. The van der Waals surface area contributed by atoms with Gasteiger partial charge in [0.2, 0.25) is 5.95 Å². The largest absolute Gasteiger partial charge is 0.347 e. The van der Waals surface area contributed by atoms with Crippen molar-refractivity contribution in [2.24, 2.45) is 0 Å². The number of rotatable bonds is 5. The van der Waals surface area contributed by atoms with E-state index in [0.29, 0.717) is 6.04 Å². The van der Waals surface area contributed by atoms with E-state index in [4.69, 9.17) is 0 Å². The van der Waals surface area contributed by atoms with Crippen molar-refractivity contribution < 1.29 is 0 Å². The zero-order valence-electron chi connectivity index (χ0n) is 12.7. The summed E-state index contributed by atoms with van der Waals surface area (Å²) in [4.78, 5) is 13.4. The second-order valence-electron chi connectivity index (χ2n) is 6.33. The van der Waals surface area contributed by atoms with Crippen molar-refractivity contribution in [3.8, 4) is 0 Å². The van der Waals surface area contributed by atoms with Crippen LogP contribution in [0.15, 0.2) is 12.3 Å². The maximum atomic E-state index is 4.56. The molecule has 5 heteroatoms. The van der Waals surface area contributed by atoms with E-state index in [1.54, 1.807) is 0 Å². The average molecular weight is 275 g/mol. The summed E-state index contributed by atoms with van der Waals surface area (Å²) in [6, 6.07) is 4.19. The molecule has 1 aliphatic carbocycles. The van der Waals surface area contributed by atoms with Crippen LogP contribution in [-0.2, 0) is 6.54 Å². The first-order valence-corrected chi connectivity index (χ1v) is 7.62. The number of nitrogens with zero attached hydrogens (tertiary/aromatic N) is 4. The summed E-state index contributed by atoms with van der Waals surface area (Å²) in [5, 5.41) is 3.66. The predicted molar refractivity (Wildman–Crippen MR) is 80.8 cm³/mol. The molecule has 2 heterocycles. The highest BCUT2D eigenvalue weighted by molar-refractivity contribution is 5.27. The number of hydrogen-bond donors (Lipinski definition) is 1. The Hall–Kier alpha value is -1.20. The molecule has 1 aliphatic heterocycles. The van der Waals surface area contributed by atoms with Crippen molar-refractivity contribution in [2.75, 3.05) is 25.5 Å². The molecular formula is C15H25N5. The van der Waals surface area contributed by atoms with Gasteiger partial charge >= 0.3 is 0 Å². The van der Waals surface area contributed by atoms with Crippen LogP contribution in [0.2, 0.25) is 0 Å². The first kappa shape index (κ1) is 13.8. The molecule has 0 unspecified atom stereocenters. The summed E-state index contributed by atoms with van der Waals surface area (Å²) in [7, 11) is 3.94. The molecule has 110 valence electrons. The monoisotopic (exact) mass is 275 g/mol. The topological polar surface area (TPSA) is 44.3 Å². The van der Waals surface area contributed by atoms with E-state index in [9.17, 15) is 0 Å². The highest BCUT2D eigenvalue weighted by atomic mass is 15.3. The van der Waals surface area contributed by atoms with Crippen LogP contribution in [0.4, 0.5) is 5.95 Å². The van der Waals surface area contributed by atoms with E-state index >= 15 is 0 Å². The molecule has 1 N–H and O–H groups in total. The molecule has 1 saturated heterocycles. The molecule has 20 heavy (non-hydrogen) atoms. The minimum Gasteiger partial charge on any atom is -0.347 e. The standard InChI is InChI=1S/C15H25N5/c1-11-8-13(10-20(11)14-4-5-14)17-9-12-6-7-16-15(18-12)19(2)3/h6-7,11,13-14,17H,4-5,8-10H2,1-3H3/t11-,13+/m1/s1. The number of aromatic nitrogens is 2. The maximum Gasteiger partial charge on any atom is 0.225 e. The van der Waals surface area contributed by atoms with Gasteiger partial charge in [-0.3, -0.25) is 4.90 Å². The molecule has 1 aromatic heterocycles. The molecule has 1 aromatic rings. The van der Waals surface area contributed by atoms with Crippen molar-refractivity contribution in [1.29, 1.82) is 0 Å². The van der Waals surface area contributed by atoms with E-state index in [1.807, 2.05) is 31.3 Å². The first-order valence-electron chi connectivity index (χ1n) is 7.62. The van der Waals surface area contributed by atoms with Crippen LogP contribution in [-0.4, -0.2) is 53.6 Å². The van der Waals surface area contributed by atoms with Gasteiger partial charge in [0, 0.05) is 51.5 Å². The summed E-state index contributed by atoms with van der Waals surface area (Å²) in [6.07, 6.45) is 5.89. The molecule has 0 radical (unpaired) electrons. The van der Waals surface area contributed by atoms with Crippen LogP contribution < -0.4 is 10.2 Å². The van der Waals surface area contributed by atoms with Gasteiger partial charge in [-0.15, -0.1) is 0 Å². The lowest BCUT2D eigenvalue weighted by atomic mass is 10.2. The van der Waals surface area contributed by atoms with E-state index in [2.05, 4.69) is 27.1 Å². The quantitative estimate of drug-likeness (QED) is 0.876. The van der Waals surface area contributed by atoms with E-state index in [-0.39, 0.29) is 0 Å². The minimum absolute atomic E-state index is 0.600. The van der Waals surface area contributed by atoms with Crippen molar-refractivity contribution >= 4 is 5.95 Å². The number of likely N-dealkylation sites (tertiary alicyclic amines) is 1. The Morgan fingerprint density at radius 3 is 2.90 bits per heavy atom. The normalized spacial score (nSPS) is 26.9. The van der Waals surface area contributed by atoms with Gasteiger partial charge < -0.3 is 10.2 Å². The lowest BCUT2D eigenvalue weighted by Gasteiger charge is -2.19. The zero-order valence-corrected chi connectivity index (χ0v) is 12.7. The van der Waals surface area contributed by atoms with Crippen LogP contribution in [0.1, 0.15) is 31.9 Å². The van der Waals surface area contributed by atoms with E-state index < -0.39 is 0 Å². The molecule has 0 amide bonds. The number of nitrogens with one attached hydrogen (secondary N) is 1. The smallest absolute Gasteiger partial charge is 0.225 e. The summed E-state index contributed by atoms with van der Waals surface area (Å²) < 4.78 is 0. The molecule has 5 nitrogen and oxygen atoms in total. The summed E-state index contributed by atoms with van der Waals surface area (Å²) in [6.45, 7) is 4.38. The van der Waals surface area contributed by atoms with Gasteiger partial charge in [-0.1, -0.05) is 0 Å². The van der Waals surface area contributed by atoms with Crippen molar-refractivity contribution in [2.45, 2.75) is 50.9 Å². The zero-order chi connectivity index (χ0) is 14.1. The summed E-state index contributed by atoms with van der Waals surface area (Å²) >= 11 is 0. The SMILES string of the molecule is C[C@@H]1C[C@H](NCc2ccnc(N(C)C)n2)CN1C1CC1. The van der Waals surface area contributed by atoms with Crippen LogP contribution in [0, 0.1) is 0 Å². The van der Waals surface area contributed by atoms with Crippen molar-refractivity contribution in [3.05, 3.63) is 18.0 Å². The van der Waals surface area contributed by atoms with Crippen LogP contribution in [0.5, 0.6) is 0 Å². The third kappa shape index (κ3) is 3.10. The molecule has 3 rings (SSSR count). The Bertz CT molecular complexity index is 457. The fourth-order valence-corrected chi connectivity index (χ4v) is 3.07. The van der Waals surface area contributed by atoms with E-state index in [1.165, 1.54) is 25.8 Å². The average Bonchev–Trinajstić information content (AvgIpc) is 3.21. The Kier molecular flexibility index (Phi) is 3.89. The molecule has 0 spiro atoms. The highest BCUT2D eigenvalue weighted by Crippen LogP contribution is 2.33. The van der Waals surface area contributed by atoms with Crippen LogP contribution in [0.3, 0.4) is 0 Å². The second-order valence-corrected chi connectivity index (χ2v) is 6.33. The Balaban J connectivity index is 1.53. The summed E-state index contributed by atoms with van der Waals surface area (Å²) in [5.74, 6) is 0.781. The molecular weight excluding hydrogens is 250 g/mol. The van der Waals surface area contributed by atoms with Gasteiger partial charge in [0.15, 0.2) is 0 Å². The molecule has 1 saturated carbocycles. The highest BCUT2D eigenvalue weighted by Gasteiger charge is 2.38. The predicted octanol–water partition coefficient (Wildman–Crippen LogP) is 1.26. The Labute approximate surface area is 121 Å². The van der Waals surface area contributed by atoms with Gasteiger partial charge in [0.25, 0.3) is 0 Å².